The Morgan fingerprint density at radius 3 is 1.12 bits per heavy atom. The first-order chi connectivity index (χ1) is 12.8. The van der Waals surface area contributed by atoms with Gasteiger partial charge in [-0.05, 0) is 42.6 Å². The van der Waals surface area contributed by atoms with Gasteiger partial charge in [0, 0.05) is 0 Å². The maximum atomic E-state index is 2.66. The van der Waals surface area contributed by atoms with Crippen molar-refractivity contribution in [1.29, 1.82) is 0 Å². The Bertz CT molecular complexity index is 662. The molecule has 0 unspecified atom stereocenters. The van der Waals surface area contributed by atoms with Crippen LogP contribution < -0.4 is 0 Å². The SMILES string of the molecule is CCCN(CCC)C(c1ccccc1)(c1ccccc1)c1ccccc1. The van der Waals surface area contributed by atoms with E-state index in [0.29, 0.717) is 0 Å². The third kappa shape index (κ3) is 3.45. The van der Waals surface area contributed by atoms with Crippen LogP contribution in [0.5, 0.6) is 0 Å². The average Bonchev–Trinajstić information content (AvgIpc) is 2.71. The Morgan fingerprint density at radius 1 is 0.538 bits per heavy atom. The highest BCUT2D eigenvalue weighted by Crippen LogP contribution is 2.42. The van der Waals surface area contributed by atoms with Crippen LogP contribution in [0.2, 0.25) is 0 Å². The number of hydrogen-bond acceptors (Lipinski definition) is 1. The summed E-state index contributed by atoms with van der Waals surface area (Å²) in [6.07, 6.45) is 2.27. The Hall–Kier alpha value is -2.38. The normalized spacial score (nSPS) is 11.7. The fourth-order valence-corrected chi connectivity index (χ4v) is 4.07. The predicted molar refractivity (Wildman–Crippen MR) is 111 cm³/mol. The van der Waals surface area contributed by atoms with Crippen LogP contribution in [0.3, 0.4) is 0 Å². The van der Waals surface area contributed by atoms with E-state index < -0.39 is 0 Å². The second-order valence-electron chi connectivity index (χ2n) is 6.80. The van der Waals surface area contributed by atoms with Crippen molar-refractivity contribution in [2.24, 2.45) is 0 Å². The molecule has 0 bridgehead atoms. The van der Waals surface area contributed by atoms with Crippen molar-refractivity contribution >= 4 is 0 Å². The molecule has 1 heteroatoms. The molecule has 3 aromatic rings. The molecule has 26 heavy (non-hydrogen) atoms. The van der Waals surface area contributed by atoms with Gasteiger partial charge in [0.2, 0.25) is 0 Å². The molecule has 0 spiro atoms. The van der Waals surface area contributed by atoms with Crippen LogP contribution in [0.15, 0.2) is 91.0 Å². The standard InChI is InChI=1S/C25H29N/c1-3-20-26(21-4-2)25(22-14-8-5-9-15-22,23-16-10-6-11-17-23)24-18-12-7-13-19-24/h5-19H,3-4,20-21H2,1-2H3. The highest BCUT2D eigenvalue weighted by atomic mass is 15.2. The van der Waals surface area contributed by atoms with Crippen LogP contribution in [0.1, 0.15) is 43.4 Å². The van der Waals surface area contributed by atoms with Crippen molar-refractivity contribution < 1.29 is 0 Å². The lowest BCUT2D eigenvalue weighted by molar-refractivity contribution is 0.157. The summed E-state index contributed by atoms with van der Waals surface area (Å²) in [5.41, 5.74) is 3.73. The van der Waals surface area contributed by atoms with Gasteiger partial charge >= 0.3 is 0 Å². The molecule has 0 atom stereocenters. The van der Waals surface area contributed by atoms with Gasteiger partial charge in [-0.15, -0.1) is 0 Å². The van der Waals surface area contributed by atoms with E-state index in [1.807, 2.05) is 0 Å². The molecule has 0 aliphatic heterocycles. The van der Waals surface area contributed by atoms with Gasteiger partial charge in [0.1, 0.15) is 0 Å². The van der Waals surface area contributed by atoms with Gasteiger partial charge in [0.25, 0.3) is 0 Å². The molecule has 3 rings (SSSR count). The van der Waals surface area contributed by atoms with Crippen LogP contribution >= 0.6 is 0 Å². The van der Waals surface area contributed by atoms with Crippen molar-refractivity contribution in [3.63, 3.8) is 0 Å². The van der Waals surface area contributed by atoms with Gasteiger partial charge in [-0.3, -0.25) is 4.90 Å². The number of benzene rings is 3. The Kier molecular flexibility index (Phi) is 6.25. The molecule has 0 N–H and O–H groups in total. The lowest BCUT2D eigenvalue weighted by Gasteiger charge is -2.46. The third-order valence-electron chi connectivity index (χ3n) is 5.04. The first kappa shape index (κ1) is 18.4. The van der Waals surface area contributed by atoms with Crippen LogP contribution in [-0.2, 0) is 5.54 Å². The zero-order valence-electron chi connectivity index (χ0n) is 15.9. The third-order valence-corrected chi connectivity index (χ3v) is 5.04. The number of rotatable bonds is 8. The van der Waals surface area contributed by atoms with E-state index >= 15 is 0 Å². The first-order valence-corrected chi connectivity index (χ1v) is 9.75. The fourth-order valence-electron chi connectivity index (χ4n) is 4.07. The summed E-state index contributed by atoms with van der Waals surface area (Å²) in [6, 6.07) is 32.9. The van der Waals surface area contributed by atoms with Crippen LogP contribution in [-0.4, -0.2) is 18.0 Å². The Labute approximate surface area is 158 Å². The molecular formula is C25H29N. The first-order valence-electron chi connectivity index (χ1n) is 9.75. The van der Waals surface area contributed by atoms with Crippen molar-refractivity contribution in [1.82, 2.24) is 4.90 Å². The van der Waals surface area contributed by atoms with E-state index in [1.165, 1.54) is 16.7 Å². The van der Waals surface area contributed by atoms with Crippen molar-refractivity contribution in [3.05, 3.63) is 108 Å². The highest BCUT2D eigenvalue weighted by Gasteiger charge is 2.41. The number of hydrogen-bond donors (Lipinski definition) is 0. The van der Waals surface area contributed by atoms with Gasteiger partial charge in [0.05, 0.1) is 5.54 Å². The van der Waals surface area contributed by atoms with E-state index in [9.17, 15) is 0 Å². The molecule has 1 nitrogen and oxygen atoms in total. The Morgan fingerprint density at radius 2 is 0.846 bits per heavy atom. The molecule has 3 aromatic carbocycles. The molecule has 0 fully saturated rings. The summed E-state index contributed by atoms with van der Waals surface area (Å²) in [5.74, 6) is 0. The topological polar surface area (TPSA) is 3.24 Å². The highest BCUT2D eigenvalue weighted by molar-refractivity contribution is 5.49. The monoisotopic (exact) mass is 343 g/mol. The van der Waals surface area contributed by atoms with Crippen LogP contribution in [0, 0.1) is 0 Å². The van der Waals surface area contributed by atoms with Gasteiger partial charge in [-0.1, -0.05) is 105 Å². The summed E-state index contributed by atoms with van der Waals surface area (Å²) < 4.78 is 0. The minimum Gasteiger partial charge on any atom is -0.286 e. The van der Waals surface area contributed by atoms with Crippen LogP contribution in [0.4, 0.5) is 0 Å². The van der Waals surface area contributed by atoms with E-state index in [2.05, 4.69) is 110 Å². The smallest absolute Gasteiger partial charge is 0.0972 e. The second-order valence-corrected chi connectivity index (χ2v) is 6.80. The van der Waals surface area contributed by atoms with E-state index in [1.54, 1.807) is 0 Å². The lowest BCUT2D eigenvalue weighted by atomic mass is 9.75. The molecule has 0 aliphatic carbocycles. The van der Waals surface area contributed by atoms with Crippen LogP contribution in [0.25, 0.3) is 0 Å². The van der Waals surface area contributed by atoms with Gasteiger partial charge < -0.3 is 0 Å². The molecule has 0 aromatic heterocycles. The predicted octanol–water partition coefficient (Wildman–Crippen LogP) is 6.10. The van der Waals surface area contributed by atoms with Gasteiger partial charge in [-0.2, -0.15) is 0 Å². The number of nitrogens with zero attached hydrogens (tertiary/aromatic N) is 1. The van der Waals surface area contributed by atoms with E-state index in [4.69, 9.17) is 0 Å². The molecule has 0 aliphatic rings. The van der Waals surface area contributed by atoms with Crippen molar-refractivity contribution in [2.45, 2.75) is 32.2 Å². The zero-order valence-corrected chi connectivity index (χ0v) is 15.9. The average molecular weight is 344 g/mol. The molecular weight excluding hydrogens is 314 g/mol. The Balaban J connectivity index is 2.34. The lowest BCUT2D eigenvalue weighted by Crippen LogP contribution is -2.48. The zero-order chi connectivity index (χ0) is 18.2. The van der Waals surface area contributed by atoms with Gasteiger partial charge in [0.15, 0.2) is 0 Å². The summed E-state index contributed by atoms with van der Waals surface area (Å²) in [5, 5.41) is 0. The molecule has 134 valence electrons. The molecule has 0 saturated heterocycles. The minimum absolute atomic E-state index is 0.268. The fraction of sp³-hybridized carbons (Fsp3) is 0.280. The molecule has 0 heterocycles. The summed E-state index contributed by atoms with van der Waals surface area (Å²) in [7, 11) is 0. The summed E-state index contributed by atoms with van der Waals surface area (Å²) in [4.78, 5) is 2.66. The minimum atomic E-state index is -0.268. The van der Waals surface area contributed by atoms with Crippen molar-refractivity contribution in [2.75, 3.05) is 13.1 Å². The van der Waals surface area contributed by atoms with E-state index in [0.717, 1.165) is 25.9 Å². The molecule has 0 amide bonds. The summed E-state index contributed by atoms with van der Waals surface area (Å²) in [6.45, 7) is 6.67. The molecule has 0 saturated carbocycles. The maximum Gasteiger partial charge on any atom is 0.0972 e. The summed E-state index contributed by atoms with van der Waals surface area (Å²) >= 11 is 0. The van der Waals surface area contributed by atoms with E-state index in [-0.39, 0.29) is 5.54 Å². The largest absolute Gasteiger partial charge is 0.286 e. The quantitative estimate of drug-likeness (QED) is 0.447. The second kappa shape index (κ2) is 8.82. The van der Waals surface area contributed by atoms with Gasteiger partial charge in [-0.25, -0.2) is 0 Å². The molecule has 0 radical (unpaired) electrons. The maximum absolute atomic E-state index is 2.66. The van der Waals surface area contributed by atoms with Crippen molar-refractivity contribution in [3.8, 4) is 0 Å².